The molecule has 1 saturated carbocycles. The topological polar surface area (TPSA) is 63.7 Å². The van der Waals surface area contributed by atoms with Crippen molar-refractivity contribution in [1.82, 2.24) is 0 Å². The SMILES string of the molecule is CC(C)(C)c1ccc(COC(=O)c2ccc(N3C(=O)[C@@H]4[C@@H](C3=O)[C@H]3C=C[C@H]4C3)cc2)cc1. The van der Waals surface area contributed by atoms with Gasteiger partial charge in [0.15, 0.2) is 0 Å². The molecule has 2 aromatic rings. The van der Waals surface area contributed by atoms with E-state index in [-0.39, 0.29) is 47.5 Å². The van der Waals surface area contributed by atoms with Crippen LogP contribution in [-0.4, -0.2) is 17.8 Å². The van der Waals surface area contributed by atoms with E-state index in [1.165, 1.54) is 10.5 Å². The van der Waals surface area contributed by atoms with Gasteiger partial charge in [-0.25, -0.2) is 4.79 Å². The summed E-state index contributed by atoms with van der Waals surface area (Å²) in [6, 6.07) is 14.6. The summed E-state index contributed by atoms with van der Waals surface area (Å²) in [5.41, 5.74) is 3.13. The maximum atomic E-state index is 12.9. The van der Waals surface area contributed by atoms with Gasteiger partial charge < -0.3 is 4.74 Å². The standard InChI is InChI=1S/C27H27NO4/c1-27(2,3)20-10-4-16(5-11-20)15-32-26(31)17-8-12-21(13-9-17)28-24(29)22-18-6-7-19(14-18)23(22)25(28)30/h4-13,18-19,22-23H,14-15H2,1-3H3/t18-,19-,22-,23-/m0/s1. The minimum absolute atomic E-state index is 0.0732. The van der Waals surface area contributed by atoms with Gasteiger partial charge in [-0.05, 0) is 59.1 Å². The number of carbonyl (C=O) groups is 3. The Labute approximate surface area is 188 Å². The van der Waals surface area contributed by atoms with Crippen LogP contribution in [0, 0.1) is 23.7 Å². The van der Waals surface area contributed by atoms with Crippen molar-refractivity contribution in [3.8, 4) is 0 Å². The summed E-state index contributed by atoms with van der Waals surface area (Å²) in [4.78, 5) is 39.6. The van der Waals surface area contributed by atoms with Crippen LogP contribution in [0.4, 0.5) is 5.69 Å². The minimum Gasteiger partial charge on any atom is -0.457 e. The highest BCUT2D eigenvalue weighted by Crippen LogP contribution is 2.53. The molecule has 0 aromatic heterocycles. The van der Waals surface area contributed by atoms with Crippen molar-refractivity contribution in [2.75, 3.05) is 4.90 Å². The number of anilines is 1. The Morgan fingerprint density at radius 3 is 2.00 bits per heavy atom. The quantitative estimate of drug-likeness (QED) is 0.403. The second-order valence-electron chi connectivity index (χ2n) is 10.1. The van der Waals surface area contributed by atoms with E-state index >= 15 is 0 Å². The monoisotopic (exact) mass is 429 g/mol. The van der Waals surface area contributed by atoms with Gasteiger partial charge >= 0.3 is 5.97 Å². The van der Waals surface area contributed by atoms with Crippen LogP contribution in [0.2, 0.25) is 0 Å². The Morgan fingerprint density at radius 1 is 0.906 bits per heavy atom. The minimum atomic E-state index is -0.436. The summed E-state index contributed by atoms with van der Waals surface area (Å²) in [6.07, 6.45) is 5.07. The molecule has 3 aliphatic rings. The summed E-state index contributed by atoms with van der Waals surface area (Å²) in [5.74, 6) is -0.777. The average Bonchev–Trinajstić information content (AvgIpc) is 3.45. The molecule has 2 bridgehead atoms. The molecule has 2 amide bonds. The Morgan fingerprint density at radius 2 is 1.47 bits per heavy atom. The molecule has 0 N–H and O–H groups in total. The molecule has 1 heterocycles. The Kier molecular flexibility index (Phi) is 4.81. The molecule has 2 fully saturated rings. The van der Waals surface area contributed by atoms with Gasteiger partial charge in [-0.15, -0.1) is 0 Å². The smallest absolute Gasteiger partial charge is 0.338 e. The number of allylic oxidation sites excluding steroid dienone is 2. The van der Waals surface area contributed by atoms with Gasteiger partial charge in [0.2, 0.25) is 11.8 Å². The van der Waals surface area contributed by atoms with Gasteiger partial charge in [0.05, 0.1) is 23.1 Å². The van der Waals surface area contributed by atoms with E-state index in [0.29, 0.717) is 11.3 Å². The van der Waals surface area contributed by atoms with Crippen LogP contribution in [0.3, 0.4) is 0 Å². The maximum absolute atomic E-state index is 12.9. The predicted octanol–water partition coefficient (Wildman–Crippen LogP) is 4.65. The molecule has 0 radical (unpaired) electrons. The van der Waals surface area contributed by atoms with Gasteiger partial charge in [0.25, 0.3) is 0 Å². The fourth-order valence-corrected chi connectivity index (χ4v) is 5.24. The second kappa shape index (κ2) is 7.44. The highest BCUT2D eigenvalue weighted by molar-refractivity contribution is 6.22. The van der Waals surface area contributed by atoms with Gasteiger partial charge in [-0.1, -0.05) is 57.2 Å². The number of imide groups is 1. The Balaban J connectivity index is 1.24. The third-order valence-corrected chi connectivity index (χ3v) is 7.02. The van der Waals surface area contributed by atoms with Gasteiger partial charge in [0, 0.05) is 0 Å². The van der Waals surface area contributed by atoms with Crippen molar-refractivity contribution in [1.29, 1.82) is 0 Å². The predicted molar refractivity (Wildman–Crippen MR) is 121 cm³/mol. The zero-order valence-corrected chi connectivity index (χ0v) is 18.6. The number of hydrogen-bond acceptors (Lipinski definition) is 4. The summed E-state index contributed by atoms with van der Waals surface area (Å²) in [7, 11) is 0. The van der Waals surface area contributed by atoms with E-state index < -0.39 is 5.97 Å². The van der Waals surface area contributed by atoms with Gasteiger partial charge in [0.1, 0.15) is 6.61 Å². The number of hydrogen-bond donors (Lipinski definition) is 0. The normalized spacial score (nSPS) is 26.0. The summed E-state index contributed by atoms with van der Waals surface area (Å²) in [6.45, 7) is 6.65. The molecule has 4 atom stereocenters. The van der Waals surface area contributed by atoms with Gasteiger partial charge in [-0.3, -0.25) is 14.5 Å². The van der Waals surface area contributed by atoms with Crippen molar-refractivity contribution in [2.24, 2.45) is 23.7 Å². The van der Waals surface area contributed by atoms with E-state index in [2.05, 4.69) is 45.1 Å². The van der Waals surface area contributed by atoms with Crippen LogP contribution in [0.1, 0.15) is 48.7 Å². The summed E-state index contributed by atoms with van der Waals surface area (Å²) in [5, 5.41) is 0. The highest BCUT2D eigenvalue weighted by atomic mass is 16.5. The van der Waals surface area contributed by atoms with Gasteiger partial charge in [-0.2, -0.15) is 0 Å². The molecule has 2 aliphatic carbocycles. The number of rotatable bonds is 4. The molecule has 1 aliphatic heterocycles. The van der Waals surface area contributed by atoms with Crippen LogP contribution < -0.4 is 4.90 Å². The van der Waals surface area contributed by atoms with E-state index in [4.69, 9.17) is 4.74 Å². The fourth-order valence-electron chi connectivity index (χ4n) is 5.24. The number of ether oxygens (including phenoxy) is 1. The molecule has 1 saturated heterocycles. The lowest BCUT2D eigenvalue weighted by atomic mass is 9.85. The maximum Gasteiger partial charge on any atom is 0.338 e. The first-order valence-corrected chi connectivity index (χ1v) is 11.2. The summed E-state index contributed by atoms with van der Waals surface area (Å²) >= 11 is 0. The fraction of sp³-hybridized carbons (Fsp3) is 0.370. The van der Waals surface area contributed by atoms with E-state index in [1.54, 1.807) is 24.3 Å². The molecular weight excluding hydrogens is 402 g/mol. The first kappa shape index (κ1) is 20.7. The molecule has 5 nitrogen and oxygen atoms in total. The molecule has 5 heteroatoms. The number of nitrogens with zero attached hydrogens (tertiary/aromatic N) is 1. The van der Waals surface area contributed by atoms with E-state index in [0.717, 1.165) is 12.0 Å². The lowest BCUT2D eigenvalue weighted by molar-refractivity contribution is -0.123. The van der Waals surface area contributed by atoms with Crippen molar-refractivity contribution in [2.45, 2.75) is 39.2 Å². The Hall–Kier alpha value is -3.21. The molecule has 164 valence electrons. The van der Waals surface area contributed by atoms with Crippen LogP contribution >= 0.6 is 0 Å². The largest absolute Gasteiger partial charge is 0.457 e. The molecule has 2 aromatic carbocycles. The van der Waals surface area contributed by atoms with Crippen molar-refractivity contribution in [3.05, 3.63) is 77.4 Å². The third kappa shape index (κ3) is 3.36. The zero-order valence-electron chi connectivity index (χ0n) is 18.6. The molecular formula is C27H27NO4. The zero-order chi connectivity index (χ0) is 22.6. The van der Waals surface area contributed by atoms with Crippen molar-refractivity contribution in [3.63, 3.8) is 0 Å². The highest BCUT2D eigenvalue weighted by Gasteiger charge is 2.59. The van der Waals surface area contributed by atoms with Crippen LogP contribution in [0.5, 0.6) is 0 Å². The van der Waals surface area contributed by atoms with Crippen LogP contribution in [-0.2, 0) is 26.3 Å². The molecule has 32 heavy (non-hydrogen) atoms. The number of esters is 1. The number of carbonyl (C=O) groups excluding carboxylic acids is 3. The van der Waals surface area contributed by atoms with Crippen molar-refractivity contribution < 1.29 is 19.1 Å². The number of amides is 2. The lowest BCUT2D eigenvalue weighted by Crippen LogP contribution is -2.32. The lowest BCUT2D eigenvalue weighted by Gasteiger charge is -2.19. The number of fused-ring (bicyclic) bond motifs is 5. The first-order valence-electron chi connectivity index (χ1n) is 11.2. The van der Waals surface area contributed by atoms with E-state index in [9.17, 15) is 14.4 Å². The first-order chi connectivity index (χ1) is 15.2. The average molecular weight is 430 g/mol. The summed E-state index contributed by atoms with van der Waals surface area (Å²) < 4.78 is 5.45. The molecule has 5 rings (SSSR count). The van der Waals surface area contributed by atoms with E-state index in [1.807, 2.05) is 12.1 Å². The van der Waals surface area contributed by atoms with Crippen molar-refractivity contribution >= 4 is 23.5 Å². The third-order valence-electron chi connectivity index (χ3n) is 7.02. The van der Waals surface area contributed by atoms with Crippen LogP contribution in [0.15, 0.2) is 60.7 Å². The van der Waals surface area contributed by atoms with Crippen LogP contribution in [0.25, 0.3) is 0 Å². The molecule has 0 spiro atoms. The molecule has 0 unspecified atom stereocenters. The number of benzene rings is 2. The second-order valence-corrected chi connectivity index (χ2v) is 10.1. The Bertz CT molecular complexity index is 1080.